The Morgan fingerprint density at radius 2 is 2.43 bits per heavy atom. The maximum atomic E-state index is 11.1. The van der Waals surface area contributed by atoms with E-state index >= 15 is 0 Å². The van der Waals surface area contributed by atoms with Crippen LogP contribution in [0.3, 0.4) is 0 Å². The molecule has 1 aromatic rings. The molecule has 0 spiro atoms. The SMILES string of the molecule is Cc1nc(NCC2CC2C)cc(=O)[nH]1. The summed E-state index contributed by atoms with van der Waals surface area (Å²) in [7, 11) is 0. The van der Waals surface area contributed by atoms with E-state index < -0.39 is 0 Å². The molecule has 1 aromatic heterocycles. The van der Waals surface area contributed by atoms with Crippen molar-refractivity contribution in [2.24, 2.45) is 11.8 Å². The second kappa shape index (κ2) is 3.44. The summed E-state index contributed by atoms with van der Waals surface area (Å²) < 4.78 is 0. The third-order valence-corrected chi connectivity index (χ3v) is 2.68. The van der Waals surface area contributed by atoms with Crippen molar-refractivity contribution in [3.05, 3.63) is 22.2 Å². The second-order valence-electron chi connectivity index (χ2n) is 4.07. The van der Waals surface area contributed by atoms with Crippen LogP contribution in [0.2, 0.25) is 0 Å². The molecule has 0 bridgehead atoms. The number of aryl methyl sites for hydroxylation is 1. The molecule has 2 N–H and O–H groups in total. The highest BCUT2D eigenvalue weighted by Gasteiger charge is 2.31. The van der Waals surface area contributed by atoms with Gasteiger partial charge < -0.3 is 10.3 Å². The van der Waals surface area contributed by atoms with E-state index in [9.17, 15) is 4.79 Å². The highest BCUT2D eigenvalue weighted by Crippen LogP contribution is 2.37. The Bertz CT molecular complexity index is 385. The summed E-state index contributed by atoms with van der Waals surface area (Å²) >= 11 is 0. The van der Waals surface area contributed by atoms with Crippen LogP contribution in [0.4, 0.5) is 5.82 Å². The van der Waals surface area contributed by atoms with Gasteiger partial charge in [0.25, 0.3) is 5.56 Å². The minimum absolute atomic E-state index is 0.0937. The van der Waals surface area contributed by atoms with Crippen molar-refractivity contribution < 1.29 is 0 Å². The van der Waals surface area contributed by atoms with E-state index in [0.29, 0.717) is 11.6 Å². The van der Waals surface area contributed by atoms with Gasteiger partial charge in [-0.25, -0.2) is 4.98 Å². The van der Waals surface area contributed by atoms with Crippen LogP contribution in [-0.2, 0) is 0 Å². The van der Waals surface area contributed by atoms with Gasteiger partial charge in [-0.15, -0.1) is 0 Å². The summed E-state index contributed by atoms with van der Waals surface area (Å²) in [4.78, 5) is 17.9. The maximum absolute atomic E-state index is 11.1. The van der Waals surface area contributed by atoms with E-state index in [1.54, 1.807) is 6.92 Å². The van der Waals surface area contributed by atoms with Gasteiger partial charge >= 0.3 is 0 Å². The first-order valence-corrected chi connectivity index (χ1v) is 4.97. The Kier molecular flexibility index (Phi) is 2.27. The Morgan fingerprint density at radius 1 is 1.71 bits per heavy atom. The molecule has 76 valence electrons. The number of nitrogens with one attached hydrogen (secondary N) is 2. The Balaban J connectivity index is 1.98. The molecule has 0 saturated heterocycles. The van der Waals surface area contributed by atoms with Gasteiger partial charge in [-0.3, -0.25) is 4.79 Å². The van der Waals surface area contributed by atoms with E-state index in [0.717, 1.165) is 18.4 Å². The Labute approximate surface area is 82.8 Å². The molecule has 2 unspecified atom stereocenters. The zero-order chi connectivity index (χ0) is 10.1. The number of rotatable bonds is 3. The minimum Gasteiger partial charge on any atom is -0.370 e. The normalized spacial score (nSPS) is 24.7. The second-order valence-corrected chi connectivity index (χ2v) is 4.07. The van der Waals surface area contributed by atoms with Gasteiger partial charge in [0.15, 0.2) is 0 Å². The van der Waals surface area contributed by atoms with Gasteiger partial charge in [-0.05, 0) is 25.2 Å². The fourth-order valence-corrected chi connectivity index (χ4v) is 1.59. The first-order valence-electron chi connectivity index (χ1n) is 4.97. The molecule has 0 aliphatic heterocycles. The van der Waals surface area contributed by atoms with Crippen LogP contribution in [0.5, 0.6) is 0 Å². The van der Waals surface area contributed by atoms with Gasteiger partial charge in [-0.2, -0.15) is 0 Å². The van der Waals surface area contributed by atoms with Crippen LogP contribution in [0.15, 0.2) is 10.9 Å². The van der Waals surface area contributed by atoms with Crippen LogP contribution in [-0.4, -0.2) is 16.5 Å². The first-order chi connectivity index (χ1) is 6.65. The standard InChI is InChI=1S/C10H15N3O/c1-6-3-8(6)5-11-9-4-10(14)13-7(2)12-9/h4,6,8H,3,5H2,1-2H3,(H2,11,12,13,14). The van der Waals surface area contributed by atoms with E-state index in [-0.39, 0.29) is 5.56 Å². The number of hydrogen-bond acceptors (Lipinski definition) is 3. The quantitative estimate of drug-likeness (QED) is 0.757. The third-order valence-electron chi connectivity index (χ3n) is 2.68. The van der Waals surface area contributed by atoms with E-state index in [1.807, 2.05) is 0 Å². The summed E-state index contributed by atoms with van der Waals surface area (Å²) in [6, 6.07) is 1.50. The topological polar surface area (TPSA) is 57.8 Å². The molecule has 1 heterocycles. The lowest BCUT2D eigenvalue weighted by molar-refractivity contribution is 0.782. The molecular formula is C10H15N3O. The summed E-state index contributed by atoms with van der Waals surface area (Å²) in [5.74, 6) is 2.93. The largest absolute Gasteiger partial charge is 0.370 e. The van der Waals surface area contributed by atoms with Crippen molar-refractivity contribution in [2.45, 2.75) is 20.3 Å². The summed E-state index contributed by atoms with van der Waals surface area (Å²) in [6.45, 7) is 4.95. The monoisotopic (exact) mass is 193 g/mol. The van der Waals surface area contributed by atoms with Gasteiger partial charge in [0.1, 0.15) is 11.6 Å². The number of hydrogen-bond donors (Lipinski definition) is 2. The van der Waals surface area contributed by atoms with Crippen LogP contribution in [0.1, 0.15) is 19.2 Å². The van der Waals surface area contributed by atoms with E-state index in [2.05, 4.69) is 22.2 Å². The third kappa shape index (κ3) is 2.13. The molecule has 2 atom stereocenters. The van der Waals surface area contributed by atoms with Crippen molar-refractivity contribution in [3.8, 4) is 0 Å². The molecule has 4 nitrogen and oxygen atoms in total. The van der Waals surface area contributed by atoms with E-state index in [4.69, 9.17) is 0 Å². The molecule has 4 heteroatoms. The fraction of sp³-hybridized carbons (Fsp3) is 0.600. The average molecular weight is 193 g/mol. The fourth-order valence-electron chi connectivity index (χ4n) is 1.59. The molecule has 0 aromatic carbocycles. The van der Waals surface area contributed by atoms with Crippen molar-refractivity contribution in [1.29, 1.82) is 0 Å². The lowest BCUT2D eigenvalue weighted by atomic mass is 10.3. The molecule has 0 radical (unpaired) electrons. The molecule has 14 heavy (non-hydrogen) atoms. The zero-order valence-corrected chi connectivity index (χ0v) is 8.50. The Hall–Kier alpha value is -1.32. The average Bonchev–Trinajstić information content (AvgIpc) is 2.77. The molecule has 1 saturated carbocycles. The number of aromatic amines is 1. The predicted octanol–water partition coefficient (Wildman–Crippen LogP) is 1.15. The highest BCUT2D eigenvalue weighted by molar-refractivity contribution is 5.33. The number of anilines is 1. The number of H-pyrrole nitrogens is 1. The lowest BCUT2D eigenvalue weighted by Crippen LogP contribution is -2.13. The molecule has 2 rings (SSSR count). The van der Waals surface area contributed by atoms with Crippen LogP contribution in [0.25, 0.3) is 0 Å². The highest BCUT2D eigenvalue weighted by atomic mass is 16.1. The van der Waals surface area contributed by atoms with Crippen molar-refractivity contribution in [2.75, 3.05) is 11.9 Å². The van der Waals surface area contributed by atoms with Gasteiger partial charge in [-0.1, -0.05) is 6.92 Å². The first kappa shape index (κ1) is 9.24. The van der Waals surface area contributed by atoms with Crippen molar-refractivity contribution >= 4 is 5.82 Å². The van der Waals surface area contributed by atoms with Gasteiger partial charge in [0, 0.05) is 12.6 Å². The van der Waals surface area contributed by atoms with Crippen LogP contribution >= 0.6 is 0 Å². The minimum atomic E-state index is -0.0937. The van der Waals surface area contributed by atoms with Crippen LogP contribution < -0.4 is 10.9 Å². The van der Waals surface area contributed by atoms with Gasteiger partial charge in [0.2, 0.25) is 0 Å². The van der Waals surface area contributed by atoms with Crippen molar-refractivity contribution in [3.63, 3.8) is 0 Å². The Morgan fingerprint density at radius 3 is 3.00 bits per heavy atom. The lowest BCUT2D eigenvalue weighted by Gasteiger charge is -2.04. The smallest absolute Gasteiger partial charge is 0.252 e. The van der Waals surface area contributed by atoms with Gasteiger partial charge in [0.05, 0.1) is 0 Å². The number of nitrogens with zero attached hydrogens (tertiary/aromatic N) is 1. The van der Waals surface area contributed by atoms with Crippen LogP contribution in [0, 0.1) is 18.8 Å². The molecule has 1 aliphatic carbocycles. The molecular weight excluding hydrogens is 178 g/mol. The number of aromatic nitrogens is 2. The molecule has 0 amide bonds. The molecule has 1 fully saturated rings. The van der Waals surface area contributed by atoms with Crippen molar-refractivity contribution in [1.82, 2.24) is 9.97 Å². The molecule has 1 aliphatic rings. The van der Waals surface area contributed by atoms with E-state index in [1.165, 1.54) is 12.5 Å². The summed E-state index contributed by atoms with van der Waals surface area (Å²) in [6.07, 6.45) is 1.29. The predicted molar refractivity (Wildman–Crippen MR) is 55.4 cm³/mol. The summed E-state index contributed by atoms with van der Waals surface area (Å²) in [5, 5.41) is 3.19. The summed E-state index contributed by atoms with van der Waals surface area (Å²) in [5.41, 5.74) is -0.0937. The zero-order valence-electron chi connectivity index (χ0n) is 8.50. The maximum Gasteiger partial charge on any atom is 0.252 e.